The van der Waals surface area contributed by atoms with Gasteiger partial charge in [-0.2, -0.15) is 0 Å². The van der Waals surface area contributed by atoms with Crippen LogP contribution in [0.5, 0.6) is 0 Å². The van der Waals surface area contributed by atoms with Crippen molar-refractivity contribution in [1.29, 1.82) is 0 Å². The minimum absolute atomic E-state index is 0.691. The Hall–Kier alpha value is -7.63. The van der Waals surface area contributed by atoms with E-state index in [2.05, 4.69) is 151 Å². The lowest BCUT2D eigenvalue weighted by molar-refractivity contribution is 1.18. The Morgan fingerprint density at radius 3 is 1.52 bits per heavy atom. The van der Waals surface area contributed by atoms with Crippen LogP contribution in [0.1, 0.15) is 0 Å². The summed E-state index contributed by atoms with van der Waals surface area (Å²) in [6.45, 7) is 0. The second-order valence-electron chi connectivity index (χ2n) is 13.8. The fourth-order valence-corrected chi connectivity index (χ4v) is 7.39. The molecule has 0 saturated heterocycles. The maximum atomic E-state index is 5.09. The number of pyridine rings is 3. The zero-order valence-electron chi connectivity index (χ0n) is 30.3. The predicted octanol–water partition coefficient (Wildman–Crippen LogP) is 12.6. The third kappa shape index (κ3) is 6.37. The molecule has 0 fully saturated rings. The third-order valence-corrected chi connectivity index (χ3v) is 10.3. The van der Waals surface area contributed by atoms with Gasteiger partial charge in [0.2, 0.25) is 0 Å². The summed E-state index contributed by atoms with van der Waals surface area (Å²) < 4.78 is 0. The normalized spacial score (nSPS) is 11.2. The smallest absolute Gasteiger partial charge is 0.160 e. The van der Waals surface area contributed by atoms with E-state index in [1.54, 1.807) is 0 Å². The summed E-state index contributed by atoms with van der Waals surface area (Å²) in [5, 5.41) is 3.41. The third-order valence-electron chi connectivity index (χ3n) is 10.3. The number of para-hydroxylation sites is 1. The second-order valence-corrected chi connectivity index (χ2v) is 13.8. The molecule has 5 nitrogen and oxygen atoms in total. The molecule has 0 amide bonds. The van der Waals surface area contributed by atoms with Crippen molar-refractivity contribution in [3.8, 4) is 78.7 Å². The van der Waals surface area contributed by atoms with E-state index in [1.807, 2.05) is 55.0 Å². The van der Waals surface area contributed by atoms with Gasteiger partial charge in [-0.25, -0.2) is 15.0 Å². The highest BCUT2D eigenvalue weighted by Gasteiger charge is 2.14. The van der Waals surface area contributed by atoms with Gasteiger partial charge in [0, 0.05) is 46.1 Å². The molecule has 5 heteroatoms. The van der Waals surface area contributed by atoms with Crippen LogP contribution in [0.2, 0.25) is 0 Å². The minimum Gasteiger partial charge on any atom is -0.265 e. The van der Waals surface area contributed by atoms with Crippen molar-refractivity contribution in [2.75, 3.05) is 0 Å². The van der Waals surface area contributed by atoms with E-state index in [4.69, 9.17) is 19.9 Å². The molecule has 4 heterocycles. The average Bonchev–Trinajstić information content (AvgIpc) is 3.29. The molecule has 0 spiro atoms. The van der Waals surface area contributed by atoms with Crippen molar-refractivity contribution in [2.45, 2.75) is 0 Å². The fourth-order valence-electron chi connectivity index (χ4n) is 7.39. The number of rotatable bonds is 7. The van der Waals surface area contributed by atoms with E-state index >= 15 is 0 Å². The van der Waals surface area contributed by atoms with Gasteiger partial charge in [0.25, 0.3) is 0 Å². The number of benzene rings is 6. The van der Waals surface area contributed by atoms with E-state index in [1.165, 1.54) is 5.39 Å². The Morgan fingerprint density at radius 2 is 0.804 bits per heavy atom. The highest BCUT2D eigenvalue weighted by Crippen LogP contribution is 2.35. The van der Waals surface area contributed by atoms with Gasteiger partial charge in [0.15, 0.2) is 5.82 Å². The molecule has 0 aliphatic rings. The molecule has 262 valence electrons. The number of fused-ring (bicyclic) bond motifs is 3. The highest BCUT2D eigenvalue weighted by molar-refractivity contribution is 6.10. The van der Waals surface area contributed by atoms with Gasteiger partial charge in [-0.05, 0) is 81.2 Å². The number of hydrogen-bond acceptors (Lipinski definition) is 5. The molecule has 6 aromatic carbocycles. The summed E-state index contributed by atoms with van der Waals surface area (Å²) in [5.74, 6) is 0.691. The van der Waals surface area contributed by atoms with E-state index < -0.39 is 0 Å². The lowest BCUT2D eigenvalue weighted by Crippen LogP contribution is -1.96. The molecule has 56 heavy (non-hydrogen) atoms. The van der Waals surface area contributed by atoms with E-state index in [9.17, 15) is 0 Å². The Labute approximate surface area is 324 Å². The standard InChI is InChI=1S/C51H33N5/c1-2-9-39(10-3-1)51-55-47(37-21-17-34(18-22-37)36-25-28-52-29-26-36)33-48(56-51)38-23-19-35(20-24-38)40-11-8-12-41(31-40)42-27-30-53-49(32-42)50-45-15-5-4-13-43(45)44-14-6-7-16-46(44)54-50/h1-33H. The average molecular weight is 716 g/mol. The SMILES string of the molecule is c1ccc(-c2nc(-c3ccc(-c4ccncc4)cc3)cc(-c3ccc(-c4cccc(-c5ccnc(-c6nc7ccccc7c7ccccc67)c5)c4)cc3)n2)cc1. The predicted molar refractivity (Wildman–Crippen MR) is 228 cm³/mol. The minimum atomic E-state index is 0.691. The van der Waals surface area contributed by atoms with Crippen molar-refractivity contribution in [1.82, 2.24) is 24.9 Å². The van der Waals surface area contributed by atoms with Crippen molar-refractivity contribution in [2.24, 2.45) is 0 Å². The van der Waals surface area contributed by atoms with Crippen LogP contribution < -0.4 is 0 Å². The van der Waals surface area contributed by atoms with E-state index in [0.717, 1.165) is 89.1 Å². The number of hydrogen-bond donors (Lipinski definition) is 0. The quantitative estimate of drug-likeness (QED) is 0.154. The molecule has 10 aromatic rings. The van der Waals surface area contributed by atoms with Crippen molar-refractivity contribution >= 4 is 21.7 Å². The van der Waals surface area contributed by atoms with Crippen LogP contribution in [0.25, 0.3) is 100 Å². The first-order chi connectivity index (χ1) is 27.7. The maximum absolute atomic E-state index is 5.09. The van der Waals surface area contributed by atoms with Gasteiger partial charge < -0.3 is 0 Å². The molecular weight excluding hydrogens is 683 g/mol. The van der Waals surface area contributed by atoms with E-state index in [-0.39, 0.29) is 0 Å². The summed E-state index contributed by atoms with van der Waals surface area (Å²) >= 11 is 0. The topological polar surface area (TPSA) is 64.5 Å². The van der Waals surface area contributed by atoms with Gasteiger partial charge in [-0.15, -0.1) is 0 Å². The van der Waals surface area contributed by atoms with Gasteiger partial charge >= 0.3 is 0 Å². The van der Waals surface area contributed by atoms with Crippen molar-refractivity contribution in [3.05, 3.63) is 201 Å². The van der Waals surface area contributed by atoms with Gasteiger partial charge in [0.1, 0.15) is 0 Å². The largest absolute Gasteiger partial charge is 0.265 e. The highest BCUT2D eigenvalue weighted by atomic mass is 14.9. The first-order valence-corrected chi connectivity index (χ1v) is 18.6. The van der Waals surface area contributed by atoms with Crippen molar-refractivity contribution < 1.29 is 0 Å². The Bertz CT molecular complexity index is 3000. The molecule has 4 aromatic heterocycles. The van der Waals surface area contributed by atoms with Crippen LogP contribution in [0.4, 0.5) is 0 Å². The summed E-state index contributed by atoms with van der Waals surface area (Å²) in [4.78, 5) is 24.1. The van der Waals surface area contributed by atoms with Crippen LogP contribution in [0.15, 0.2) is 201 Å². The molecule has 0 unspecified atom stereocenters. The summed E-state index contributed by atoms with van der Waals surface area (Å²) in [5.41, 5.74) is 14.2. The van der Waals surface area contributed by atoms with Gasteiger partial charge in [-0.3, -0.25) is 9.97 Å². The van der Waals surface area contributed by atoms with Crippen LogP contribution in [0, 0.1) is 0 Å². The second kappa shape index (κ2) is 14.3. The van der Waals surface area contributed by atoms with Crippen LogP contribution in [-0.4, -0.2) is 24.9 Å². The molecule has 0 radical (unpaired) electrons. The monoisotopic (exact) mass is 715 g/mol. The van der Waals surface area contributed by atoms with Crippen LogP contribution in [0.3, 0.4) is 0 Å². The van der Waals surface area contributed by atoms with Crippen LogP contribution in [-0.2, 0) is 0 Å². The van der Waals surface area contributed by atoms with Gasteiger partial charge in [-0.1, -0.05) is 140 Å². The Balaban J connectivity index is 0.975. The molecular formula is C51H33N5. The molecule has 10 rings (SSSR count). The zero-order valence-corrected chi connectivity index (χ0v) is 30.3. The molecule has 0 atom stereocenters. The molecule has 0 bridgehead atoms. The Kier molecular flexibility index (Phi) is 8.43. The number of nitrogens with zero attached hydrogens (tertiary/aromatic N) is 5. The molecule has 0 aliphatic carbocycles. The summed E-state index contributed by atoms with van der Waals surface area (Å²) in [6, 6.07) is 63.1. The summed E-state index contributed by atoms with van der Waals surface area (Å²) in [6.07, 6.45) is 5.51. The molecule has 0 aliphatic heterocycles. The summed E-state index contributed by atoms with van der Waals surface area (Å²) in [7, 11) is 0. The Morgan fingerprint density at radius 1 is 0.286 bits per heavy atom. The maximum Gasteiger partial charge on any atom is 0.160 e. The fraction of sp³-hybridized carbons (Fsp3) is 0. The zero-order chi connectivity index (χ0) is 37.3. The first-order valence-electron chi connectivity index (χ1n) is 18.6. The van der Waals surface area contributed by atoms with Crippen LogP contribution >= 0.6 is 0 Å². The number of aromatic nitrogens is 5. The lowest BCUT2D eigenvalue weighted by Gasteiger charge is -2.12. The van der Waals surface area contributed by atoms with E-state index in [0.29, 0.717) is 5.82 Å². The molecule has 0 saturated carbocycles. The first kappa shape index (κ1) is 33.0. The molecule has 0 N–H and O–H groups in total. The lowest BCUT2D eigenvalue weighted by atomic mass is 9.97. The van der Waals surface area contributed by atoms with Gasteiger partial charge in [0.05, 0.1) is 28.3 Å². The van der Waals surface area contributed by atoms with Crippen molar-refractivity contribution in [3.63, 3.8) is 0 Å².